The van der Waals surface area contributed by atoms with Crippen LogP contribution >= 0.6 is 0 Å². The first-order chi connectivity index (χ1) is 6.38. The van der Waals surface area contributed by atoms with Gasteiger partial charge < -0.3 is 10.8 Å². The summed E-state index contributed by atoms with van der Waals surface area (Å²) < 4.78 is 38.1. The van der Waals surface area contributed by atoms with Gasteiger partial charge in [-0.05, 0) is 24.6 Å². The quantitative estimate of drug-likeness (QED) is 0.714. The predicted octanol–water partition coefficient (Wildman–Crippen LogP) is 1.27. The fourth-order valence-electron chi connectivity index (χ4n) is 0.977. The summed E-state index contributed by atoms with van der Waals surface area (Å²) >= 11 is 0. The van der Waals surface area contributed by atoms with Crippen molar-refractivity contribution in [3.8, 4) is 0 Å². The van der Waals surface area contributed by atoms with Crippen LogP contribution in [0.15, 0.2) is 12.1 Å². The van der Waals surface area contributed by atoms with Crippen molar-refractivity contribution in [1.82, 2.24) is 0 Å². The molecule has 0 aromatic heterocycles. The minimum Gasteiger partial charge on any atom is -0.394 e. The summed E-state index contributed by atoms with van der Waals surface area (Å²) in [5, 5.41) is 8.83. The molecule has 1 unspecified atom stereocenters. The lowest BCUT2D eigenvalue weighted by Gasteiger charge is -2.22. The van der Waals surface area contributed by atoms with Crippen molar-refractivity contribution in [2.75, 3.05) is 6.61 Å². The number of rotatable bonds is 2. The molecule has 78 valence electrons. The van der Waals surface area contributed by atoms with Gasteiger partial charge in [-0.2, -0.15) is 0 Å². The lowest BCUT2D eigenvalue weighted by molar-refractivity contribution is 0.209. The highest BCUT2D eigenvalue weighted by atomic mass is 19.2. The van der Waals surface area contributed by atoms with Crippen molar-refractivity contribution in [3.63, 3.8) is 0 Å². The average Bonchev–Trinajstić information content (AvgIpc) is 2.13. The van der Waals surface area contributed by atoms with Crippen molar-refractivity contribution >= 4 is 0 Å². The van der Waals surface area contributed by atoms with E-state index in [1.807, 2.05) is 0 Å². The second kappa shape index (κ2) is 3.59. The summed E-state index contributed by atoms with van der Waals surface area (Å²) in [5.41, 5.74) is 4.25. The van der Waals surface area contributed by atoms with Crippen LogP contribution in [0.25, 0.3) is 0 Å². The third kappa shape index (κ3) is 1.88. The van der Waals surface area contributed by atoms with Gasteiger partial charge in [0.25, 0.3) is 0 Å². The zero-order chi connectivity index (χ0) is 10.9. The molecule has 0 radical (unpaired) electrons. The van der Waals surface area contributed by atoms with Crippen molar-refractivity contribution in [3.05, 3.63) is 35.1 Å². The first-order valence-electron chi connectivity index (χ1n) is 3.93. The highest BCUT2D eigenvalue weighted by molar-refractivity contribution is 5.26. The highest BCUT2D eigenvalue weighted by Gasteiger charge is 2.23. The van der Waals surface area contributed by atoms with Gasteiger partial charge >= 0.3 is 0 Å². The van der Waals surface area contributed by atoms with Crippen LogP contribution in [0.3, 0.4) is 0 Å². The number of aliphatic hydroxyl groups is 1. The van der Waals surface area contributed by atoms with E-state index in [1.54, 1.807) is 0 Å². The third-order valence-electron chi connectivity index (χ3n) is 1.97. The van der Waals surface area contributed by atoms with Gasteiger partial charge in [-0.1, -0.05) is 0 Å². The second-order valence-corrected chi connectivity index (χ2v) is 3.33. The molecule has 0 bridgehead atoms. The van der Waals surface area contributed by atoms with Crippen LogP contribution in [0.1, 0.15) is 12.5 Å². The largest absolute Gasteiger partial charge is 0.394 e. The Kier molecular flexibility index (Phi) is 2.82. The van der Waals surface area contributed by atoms with E-state index in [2.05, 4.69) is 0 Å². The molecule has 1 aromatic rings. The van der Waals surface area contributed by atoms with Gasteiger partial charge in [-0.15, -0.1) is 0 Å². The number of hydrogen-bond acceptors (Lipinski definition) is 2. The standard InChI is InChI=1S/C9H10F3NO/c1-9(13,4-14)5-2-6(10)8(12)7(11)3-5/h2-3,14H,4,13H2,1H3. The molecule has 5 heteroatoms. The van der Waals surface area contributed by atoms with Gasteiger partial charge in [0.05, 0.1) is 12.1 Å². The number of benzene rings is 1. The third-order valence-corrected chi connectivity index (χ3v) is 1.97. The van der Waals surface area contributed by atoms with E-state index < -0.39 is 29.6 Å². The van der Waals surface area contributed by atoms with Gasteiger partial charge in [-0.3, -0.25) is 0 Å². The smallest absolute Gasteiger partial charge is 0.194 e. The van der Waals surface area contributed by atoms with Crippen LogP contribution in [0.4, 0.5) is 13.2 Å². The summed E-state index contributed by atoms with van der Waals surface area (Å²) in [6.45, 7) is 0.899. The molecule has 0 heterocycles. The van der Waals surface area contributed by atoms with E-state index >= 15 is 0 Å². The van der Waals surface area contributed by atoms with Crippen molar-refractivity contribution in [2.45, 2.75) is 12.5 Å². The minimum absolute atomic E-state index is 0.0106. The van der Waals surface area contributed by atoms with Gasteiger partial charge in [-0.25, -0.2) is 13.2 Å². The molecular weight excluding hydrogens is 195 g/mol. The lowest BCUT2D eigenvalue weighted by Crippen LogP contribution is -2.37. The fraction of sp³-hybridized carbons (Fsp3) is 0.333. The summed E-state index contributed by atoms with van der Waals surface area (Å²) in [6.07, 6.45) is 0. The molecule has 1 aromatic carbocycles. The maximum Gasteiger partial charge on any atom is 0.194 e. The maximum atomic E-state index is 12.8. The molecule has 0 fully saturated rings. The molecule has 2 nitrogen and oxygen atoms in total. The van der Waals surface area contributed by atoms with Gasteiger partial charge in [0.15, 0.2) is 17.5 Å². The zero-order valence-corrected chi connectivity index (χ0v) is 7.52. The molecule has 0 spiro atoms. The molecule has 0 amide bonds. The van der Waals surface area contributed by atoms with Crippen LogP contribution in [0.2, 0.25) is 0 Å². The minimum atomic E-state index is -1.54. The van der Waals surface area contributed by atoms with E-state index in [0.717, 1.165) is 12.1 Å². The van der Waals surface area contributed by atoms with E-state index in [-0.39, 0.29) is 5.56 Å². The van der Waals surface area contributed by atoms with E-state index in [1.165, 1.54) is 6.92 Å². The molecule has 14 heavy (non-hydrogen) atoms. The summed E-state index contributed by atoms with van der Waals surface area (Å²) in [4.78, 5) is 0. The second-order valence-electron chi connectivity index (χ2n) is 3.33. The van der Waals surface area contributed by atoms with E-state index in [9.17, 15) is 13.2 Å². The molecule has 1 rings (SSSR count). The Morgan fingerprint density at radius 1 is 1.29 bits per heavy atom. The maximum absolute atomic E-state index is 12.8. The Labute approximate surface area is 79.2 Å². The number of nitrogens with two attached hydrogens (primary N) is 1. The van der Waals surface area contributed by atoms with E-state index in [4.69, 9.17) is 10.8 Å². The Hall–Kier alpha value is -1.07. The molecule has 0 aliphatic carbocycles. The fourth-order valence-corrected chi connectivity index (χ4v) is 0.977. The molecular formula is C9H10F3NO. The van der Waals surface area contributed by atoms with Crippen LogP contribution in [0.5, 0.6) is 0 Å². The van der Waals surface area contributed by atoms with Crippen LogP contribution < -0.4 is 5.73 Å². The van der Waals surface area contributed by atoms with Crippen LogP contribution in [0, 0.1) is 17.5 Å². The molecule has 3 N–H and O–H groups in total. The van der Waals surface area contributed by atoms with Crippen LogP contribution in [-0.4, -0.2) is 11.7 Å². The van der Waals surface area contributed by atoms with Gasteiger partial charge in [0, 0.05) is 0 Å². The van der Waals surface area contributed by atoms with Gasteiger partial charge in [0.2, 0.25) is 0 Å². The normalized spacial score (nSPS) is 15.3. The Morgan fingerprint density at radius 2 is 1.71 bits per heavy atom. The average molecular weight is 205 g/mol. The topological polar surface area (TPSA) is 46.2 Å². The van der Waals surface area contributed by atoms with E-state index in [0.29, 0.717) is 0 Å². The molecule has 0 saturated heterocycles. The summed E-state index contributed by atoms with van der Waals surface area (Å²) in [5.74, 6) is -4.17. The lowest BCUT2D eigenvalue weighted by atomic mass is 9.94. The van der Waals surface area contributed by atoms with Gasteiger partial charge in [0.1, 0.15) is 0 Å². The number of hydrogen-bond donors (Lipinski definition) is 2. The number of aliphatic hydroxyl groups excluding tert-OH is 1. The monoisotopic (exact) mass is 205 g/mol. The summed E-state index contributed by atoms with van der Waals surface area (Å²) in [6, 6.07) is 1.54. The predicted molar refractivity (Wildman–Crippen MR) is 44.9 cm³/mol. The van der Waals surface area contributed by atoms with Crippen LogP contribution in [-0.2, 0) is 5.54 Å². The summed E-state index contributed by atoms with van der Waals surface area (Å²) in [7, 11) is 0. The Balaban J connectivity index is 3.26. The van der Waals surface area contributed by atoms with Crippen molar-refractivity contribution in [1.29, 1.82) is 0 Å². The zero-order valence-electron chi connectivity index (χ0n) is 7.52. The van der Waals surface area contributed by atoms with Crippen molar-refractivity contribution in [2.24, 2.45) is 5.73 Å². The highest BCUT2D eigenvalue weighted by Crippen LogP contribution is 2.21. The SMILES string of the molecule is CC(N)(CO)c1cc(F)c(F)c(F)c1. The first kappa shape index (κ1) is 11.0. The first-order valence-corrected chi connectivity index (χ1v) is 3.93. The molecule has 0 aliphatic heterocycles. The molecule has 0 saturated carbocycles. The number of halogens is 3. The molecule has 1 atom stereocenters. The Bertz CT molecular complexity index is 329. The van der Waals surface area contributed by atoms with Crippen molar-refractivity contribution < 1.29 is 18.3 Å². The molecule has 0 aliphatic rings. The Morgan fingerprint density at radius 3 is 2.07 bits per heavy atom.